The zero-order valence-corrected chi connectivity index (χ0v) is 14.1. The van der Waals surface area contributed by atoms with E-state index in [-0.39, 0.29) is 10.0 Å². The van der Waals surface area contributed by atoms with Gasteiger partial charge < -0.3 is 4.18 Å². The van der Waals surface area contributed by atoms with E-state index in [9.17, 15) is 8.42 Å². The second-order valence-corrected chi connectivity index (χ2v) is 6.94. The van der Waals surface area contributed by atoms with Gasteiger partial charge >= 0.3 is 10.1 Å². The second-order valence-electron chi connectivity index (χ2n) is 5.09. The molecule has 114 valence electrons. The maximum absolute atomic E-state index is 12.5. The first-order valence-electron chi connectivity index (χ1n) is 6.35. The summed E-state index contributed by atoms with van der Waals surface area (Å²) in [6.07, 6.45) is 0. The van der Waals surface area contributed by atoms with E-state index < -0.39 is 10.1 Å². The Labute approximate surface area is 129 Å². The van der Waals surface area contributed by atoms with E-state index in [0.29, 0.717) is 11.4 Å². The molecule has 0 atom stereocenters. The number of aromatic nitrogens is 2. The van der Waals surface area contributed by atoms with Crippen LogP contribution in [-0.2, 0) is 17.2 Å². The Balaban J connectivity index is 2.53. The monoisotopic (exact) mass is 328 g/mol. The molecule has 0 radical (unpaired) electrons. The average molecular weight is 329 g/mol. The van der Waals surface area contributed by atoms with Gasteiger partial charge in [0.05, 0.1) is 5.69 Å². The summed E-state index contributed by atoms with van der Waals surface area (Å²) < 4.78 is 31.6. The van der Waals surface area contributed by atoms with Crippen LogP contribution in [0, 0.1) is 27.7 Å². The van der Waals surface area contributed by atoms with Gasteiger partial charge in [-0.05, 0) is 38.8 Å². The van der Waals surface area contributed by atoms with Gasteiger partial charge in [-0.25, -0.2) is 0 Å². The first-order valence-corrected chi connectivity index (χ1v) is 8.13. The minimum atomic E-state index is -4.03. The number of aryl methyl sites for hydroxylation is 5. The van der Waals surface area contributed by atoms with Crippen LogP contribution in [0.15, 0.2) is 17.0 Å². The minimum Gasteiger partial charge on any atom is -0.378 e. The summed E-state index contributed by atoms with van der Waals surface area (Å²) in [7, 11) is -2.45. The van der Waals surface area contributed by atoms with Crippen molar-refractivity contribution in [1.29, 1.82) is 0 Å². The SMILES string of the molecule is Cc1cc(C)c(OS(=O)(=O)c2c(C)nn(C)c2Cl)c(C)c1. The Bertz CT molecular complexity index is 787. The van der Waals surface area contributed by atoms with Crippen LogP contribution in [-0.4, -0.2) is 18.2 Å². The van der Waals surface area contributed by atoms with Crippen LogP contribution in [0.3, 0.4) is 0 Å². The van der Waals surface area contributed by atoms with Crippen LogP contribution in [0.25, 0.3) is 0 Å². The van der Waals surface area contributed by atoms with Crippen molar-refractivity contribution in [3.05, 3.63) is 39.7 Å². The van der Waals surface area contributed by atoms with Crippen LogP contribution in [0.4, 0.5) is 0 Å². The molecule has 0 saturated heterocycles. The Hall–Kier alpha value is -1.53. The first kappa shape index (κ1) is 15.9. The lowest BCUT2D eigenvalue weighted by molar-refractivity contribution is 0.481. The molecular weight excluding hydrogens is 312 g/mol. The Kier molecular flexibility index (Phi) is 4.04. The molecule has 7 heteroatoms. The predicted molar refractivity (Wildman–Crippen MR) is 81.4 cm³/mol. The van der Waals surface area contributed by atoms with Crippen LogP contribution >= 0.6 is 11.6 Å². The minimum absolute atomic E-state index is 0.0370. The molecule has 0 aliphatic carbocycles. The fraction of sp³-hybridized carbons (Fsp3) is 0.357. The highest BCUT2D eigenvalue weighted by Crippen LogP contribution is 2.31. The average Bonchev–Trinajstić information content (AvgIpc) is 2.58. The summed E-state index contributed by atoms with van der Waals surface area (Å²) in [6.45, 7) is 7.14. The maximum Gasteiger partial charge on any atom is 0.344 e. The molecule has 1 aromatic heterocycles. The van der Waals surface area contributed by atoms with Gasteiger partial charge in [-0.15, -0.1) is 0 Å². The van der Waals surface area contributed by atoms with Gasteiger partial charge in [0.15, 0.2) is 4.90 Å². The number of rotatable bonds is 3. The third kappa shape index (κ3) is 2.91. The quantitative estimate of drug-likeness (QED) is 0.812. The molecule has 1 heterocycles. The fourth-order valence-corrected chi connectivity index (χ4v) is 4.11. The normalized spacial score (nSPS) is 11.7. The molecule has 2 rings (SSSR count). The zero-order valence-electron chi connectivity index (χ0n) is 12.6. The summed E-state index contributed by atoms with van der Waals surface area (Å²) in [5.41, 5.74) is 2.87. The Morgan fingerprint density at radius 3 is 2.10 bits per heavy atom. The van der Waals surface area contributed by atoms with E-state index >= 15 is 0 Å². The van der Waals surface area contributed by atoms with Crippen LogP contribution in [0.5, 0.6) is 5.75 Å². The van der Waals surface area contributed by atoms with Crippen molar-refractivity contribution in [2.45, 2.75) is 32.6 Å². The molecular formula is C14H17ClN2O3S. The van der Waals surface area contributed by atoms with Crippen molar-refractivity contribution in [3.63, 3.8) is 0 Å². The summed E-state index contributed by atoms with van der Waals surface area (Å²) >= 11 is 6.01. The van der Waals surface area contributed by atoms with Crippen molar-refractivity contribution < 1.29 is 12.6 Å². The van der Waals surface area contributed by atoms with Crippen molar-refractivity contribution in [1.82, 2.24) is 9.78 Å². The highest BCUT2D eigenvalue weighted by atomic mass is 35.5. The molecule has 0 saturated carbocycles. The highest BCUT2D eigenvalue weighted by molar-refractivity contribution is 7.87. The summed E-state index contributed by atoms with van der Waals surface area (Å²) in [6, 6.07) is 3.74. The van der Waals surface area contributed by atoms with Crippen LogP contribution in [0.1, 0.15) is 22.4 Å². The van der Waals surface area contributed by atoms with E-state index in [0.717, 1.165) is 16.7 Å². The summed E-state index contributed by atoms with van der Waals surface area (Å²) in [4.78, 5) is -0.0916. The van der Waals surface area contributed by atoms with Crippen LogP contribution < -0.4 is 4.18 Å². The van der Waals surface area contributed by atoms with Gasteiger partial charge in [-0.3, -0.25) is 4.68 Å². The number of nitrogens with zero attached hydrogens (tertiary/aromatic N) is 2. The first-order chi connectivity index (χ1) is 9.63. The smallest absolute Gasteiger partial charge is 0.344 e. The van der Waals surface area contributed by atoms with Crippen molar-refractivity contribution in [2.75, 3.05) is 0 Å². The van der Waals surface area contributed by atoms with Gasteiger partial charge in [-0.2, -0.15) is 13.5 Å². The largest absolute Gasteiger partial charge is 0.378 e. The van der Waals surface area contributed by atoms with E-state index in [1.165, 1.54) is 4.68 Å². The van der Waals surface area contributed by atoms with Gasteiger partial charge in [0.25, 0.3) is 0 Å². The number of halogens is 1. The topological polar surface area (TPSA) is 61.2 Å². The molecule has 0 bridgehead atoms. The van der Waals surface area contributed by atoms with Gasteiger partial charge in [0.2, 0.25) is 0 Å². The van der Waals surface area contributed by atoms with Crippen LogP contribution in [0.2, 0.25) is 5.15 Å². The molecule has 0 aliphatic heterocycles. The predicted octanol–water partition coefficient (Wildman–Crippen LogP) is 3.07. The molecule has 5 nitrogen and oxygen atoms in total. The number of hydrogen-bond acceptors (Lipinski definition) is 4. The summed E-state index contributed by atoms with van der Waals surface area (Å²) in [5.74, 6) is 0.333. The molecule has 0 fully saturated rings. The second kappa shape index (κ2) is 5.35. The molecule has 0 spiro atoms. The van der Waals surface area contributed by atoms with E-state index in [1.54, 1.807) is 14.0 Å². The number of benzene rings is 1. The Morgan fingerprint density at radius 1 is 1.14 bits per heavy atom. The third-order valence-corrected chi connectivity index (χ3v) is 5.07. The molecule has 21 heavy (non-hydrogen) atoms. The fourth-order valence-electron chi connectivity index (χ4n) is 2.34. The summed E-state index contributed by atoms with van der Waals surface area (Å²) in [5, 5.41) is 4.04. The van der Waals surface area contributed by atoms with E-state index in [2.05, 4.69) is 5.10 Å². The lowest BCUT2D eigenvalue weighted by atomic mass is 10.1. The molecule has 0 amide bonds. The standard InChI is InChI=1S/C14H17ClN2O3S/c1-8-6-9(2)12(10(3)7-8)20-21(18,19)13-11(4)16-17(5)14(13)15/h6-7H,1-5H3. The Morgan fingerprint density at radius 2 is 1.67 bits per heavy atom. The van der Waals surface area contributed by atoms with E-state index in [4.69, 9.17) is 15.8 Å². The lowest BCUT2D eigenvalue weighted by Crippen LogP contribution is -2.12. The van der Waals surface area contributed by atoms with Gasteiger partial charge in [-0.1, -0.05) is 29.3 Å². The van der Waals surface area contributed by atoms with Crippen molar-refractivity contribution in [2.24, 2.45) is 7.05 Å². The maximum atomic E-state index is 12.5. The molecule has 0 unspecified atom stereocenters. The third-order valence-electron chi connectivity index (χ3n) is 3.15. The van der Waals surface area contributed by atoms with Gasteiger partial charge in [0.1, 0.15) is 10.9 Å². The number of hydrogen-bond donors (Lipinski definition) is 0. The van der Waals surface area contributed by atoms with Crippen molar-refractivity contribution >= 4 is 21.7 Å². The molecule has 0 aliphatic rings. The zero-order chi connectivity index (χ0) is 15.9. The van der Waals surface area contributed by atoms with Crippen molar-refractivity contribution in [3.8, 4) is 5.75 Å². The van der Waals surface area contributed by atoms with Gasteiger partial charge in [0, 0.05) is 7.05 Å². The molecule has 1 aromatic carbocycles. The lowest BCUT2D eigenvalue weighted by Gasteiger charge is -2.12. The van der Waals surface area contributed by atoms with E-state index in [1.807, 2.05) is 32.9 Å². The molecule has 2 aromatic rings. The molecule has 0 N–H and O–H groups in total. The highest BCUT2D eigenvalue weighted by Gasteiger charge is 2.28.